The molecule has 8 heteroatoms. The van der Waals surface area contributed by atoms with Crippen LogP contribution in [0.4, 0.5) is 0 Å². The first-order valence-corrected chi connectivity index (χ1v) is 14.8. The van der Waals surface area contributed by atoms with E-state index in [9.17, 15) is 9.59 Å². The number of benzene rings is 4. The Kier molecular flexibility index (Phi) is 7.78. The number of hydrogen-bond acceptors (Lipinski definition) is 6. The van der Waals surface area contributed by atoms with Crippen molar-refractivity contribution in [1.29, 1.82) is 0 Å². The van der Waals surface area contributed by atoms with E-state index in [4.69, 9.17) is 26.1 Å². The van der Waals surface area contributed by atoms with Crippen LogP contribution in [0.25, 0.3) is 16.8 Å². The summed E-state index contributed by atoms with van der Waals surface area (Å²) in [6.07, 6.45) is 1.81. The molecule has 0 spiro atoms. The van der Waals surface area contributed by atoms with Crippen molar-refractivity contribution in [3.8, 4) is 5.75 Å². The lowest BCUT2D eigenvalue weighted by atomic mass is 9.91. The number of nitrogens with zero attached hydrogens (tertiary/aromatic N) is 2. The summed E-state index contributed by atoms with van der Waals surface area (Å²) >= 11 is 7.61. The summed E-state index contributed by atoms with van der Waals surface area (Å²) in [5.74, 6) is 0.140. The molecular formula is C34H27ClN2O4S. The SMILES string of the molecule is CCOC(=O)C1=C(C)N=c2s/c(=C/c3ccccc3OCc3ccccc3Cl)c(=O)n2[C@H]1c1cccc2ccccc12. The fourth-order valence-corrected chi connectivity index (χ4v) is 6.45. The highest BCUT2D eigenvalue weighted by atomic mass is 35.5. The molecule has 0 fully saturated rings. The van der Waals surface area contributed by atoms with Crippen molar-refractivity contribution in [3.05, 3.63) is 144 Å². The summed E-state index contributed by atoms with van der Waals surface area (Å²) in [6.45, 7) is 4.06. The van der Waals surface area contributed by atoms with Crippen LogP contribution in [0.5, 0.6) is 5.75 Å². The highest BCUT2D eigenvalue weighted by Crippen LogP contribution is 2.35. The fourth-order valence-electron chi connectivity index (χ4n) is 5.22. The Balaban J connectivity index is 1.49. The molecule has 0 bridgehead atoms. The van der Waals surface area contributed by atoms with Gasteiger partial charge in [0.1, 0.15) is 12.4 Å². The van der Waals surface area contributed by atoms with Gasteiger partial charge in [-0.05, 0) is 48.4 Å². The maximum atomic E-state index is 14.2. The third-order valence-corrected chi connectivity index (χ3v) is 8.53. The van der Waals surface area contributed by atoms with Crippen molar-refractivity contribution in [1.82, 2.24) is 4.57 Å². The Labute approximate surface area is 251 Å². The van der Waals surface area contributed by atoms with Gasteiger partial charge in [0.25, 0.3) is 5.56 Å². The largest absolute Gasteiger partial charge is 0.488 e. The van der Waals surface area contributed by atoms with E-state index in [0.29, 0.717) is 31.4 Å². The summed E-state index contributed by atoms with van der Waals surface area (Å²) in [6, 6.07) is 28.2. The quantitative estimate of drug-likeness (QED) is 0.211. The average molecular weight is 595 g/mol. The first-order valence-electron chi connectivity index (χ1n) is 13.6. The zero-order chi connectivity index (χ0) is 29.2. The molecule has 0 amide bonds. The summed E-state index contributed by atoms with van der Waals surface area (Å²) < 4.78 is 13.7. The number of carbonyl (C=O) groups excluding carboxylic acids is 1. The van der Waals surface area contributed by atoms with Gasteiger partial charge in [0.05, 0.1) is 28.5 Å². The molecular weight excluding hydrogens is 568 g/mol. The van der Waals surface area contributed by atoms with Crippen LogP contribution in [-0.2, 0) is 16.1 Å². The number of hydrogen-bond donors (Lipinski definition) is 0. The second-order valence-electron chi connectivity index (χ2n) is 9.79. The molecule has 1 aliphatic rings. The van der Waals surface area contributed by atoms with Gasteiger partial charge in [-0.3, -0.25) is 9.36 Å². The van der Waals surface area contributed by atoms with Crippen molar-refractivity contribution < 1.29 is 14.3 Å². The minimum absolute atomic E-state index is 0.216. The summed E-state index contributed by atoms with van der Waals surface area (Å²) in [5.41, 5.74) is 3.09. The Bertz CT molecular complexity index is 2040. The second kappa shape index (κ2) is 11.8. The van der Waals surface area contributed by atoms with Gasteiger partial charge in [-0.2, -0.15) is 0 Å². The highest BCUT2D eigenvalue weighted by molar-refractivity contribution is 7.07. The zero-order valence-electron chi connectivity index (χ0n) is 23.0. The highest BCUT2D eigenvalue weighted by Gasteiger charge is 2.34. The lowest BCUT2D eigenvalue weighted by Crippen LogP contribution is -2.40. The molecule has 0 saturated carbocycles. The number of allylic oxidation sites excluding steroid dienone is 1. The smallest absolute Gasteiger partial charge is 0.338 e. The number of thiazole rings is 1. The second-order valence-corrected chi connectivity index (χ2v) is 11.2. The summed E-state index contributed by atoms with van der Waals surface area (Å²) in [5, 5.41) is 2.60. The van der Waals surface area contributed by atoms with Crippen LogP contribution >= 0.6 is 22.9 Å². The molecule has 2 heterocycles. The molecule has 1 aliphatic heterocycles. The van der Waals surface area contributed by atoms with Crippen LogP contribution < -0.4 is 19.6 Å². The maximum Gasteiger partial charge on any atom is 0.338 e. The van der Waals surface area contributed by atoms with E-state index in [-0.39, 0.29) is 18.8 Å². The molecule has 0 radical (unpaired) electrons. The topological polar surface area (TPSA) is 69.9 Å². The molecule has 1 aromatic heterocycles. The number of ether oxygens (including phenoxy) is 2. The van der Waals surface area contributed by atoms with Gasteiger partial charge in [-0.15, -0.1) is 0 Å². The minimum atomic E-state index is -0.694. The van der Waals surface area contributed by atoms with Crippen molar-refractivity contribution in [2.45, 2.75) is 26.5 Å². The normalized spacial score (nSPS) is 14.9. The number of para-hydroxylation sites is 1. The van der Waals surface area contributed by atoms with Crippen molar-refractivity contribution in [3.63, 3.8) is 0 Å². The van der Waals surface area contributed by atoms with Gasteiger partial charge >= 0.3 is 5.97 Å². The Morgan fingerprint density at radius 2 is 1.74 bits per heavy atom. The minimum Gasteiger partial charge on any atom is -0.488 e. The van der Waals surface area contributed by atoms with E-state index in [0.717, 1.165) is 27.5 Å². The van der Waals surface area contributed by atoms with Gasteiger partial charge in [0.2, 0.25) is 0 Å². The molecule has 0 N–H and O–H groups in total. The van der Waals surface area contributed by atoms with E-state index in [1.54, 1.807) is 18.4 Å². The number of aromatic nitrogens is 1. The van der Waals surface area contributed by atoms with Crippen LogP contribution in [0.3, 0.4) is 0 Å². The molecule has 42 heavy (non-hydrogen) atoms. The van der Waals surface area contributed by atoms with E-state index in [1.807, 2.05) is 97.1 Å². The van der Waals surface area contributed by atoms with Crippen LogP contribution in [0.2, 0.25) is 5.02 Å². The van der Waals surface area contributed by atoms with Gasteiger partial charge in [0.15, 0.2) is 4.80 Å². The van der Waals surface area contributed by atoms with Gasteiger partial charge in [-0.25, -0.2) is 9.79 Å². The number of halogens is 1. The molecule has 0 aliphatic carbocycles. The molecule has 4 aromatic carbocycles. The van der Waals surface area contributed by atoms with Gasteiger partial charge in [-0.1, -0.05) is 102 Å². The molecule has 6 nitrogen and oxygen atoms in total. The number of fused-ring (bicyclic) bond motifs is 2. The third kappa shape index (κ3) is 5.17. The number of esters is 1. The molecule has 1 atom stereocenters. The lowest BCUT2D eigenvalue weighted by Gasteiger charge is -2.25. The monoisotopic (exact) mass is 594 g/mol. The predicted octanol–water partition coefficient (Wildman–Crippen LogP) is 6.18. The van der Waals surface area contributed by atoms with Gasteiger partial charge < -0.3 is 9.47 Å². The first kappa shape index (κ1) is 27.7. The summed E-state index contributed by atoms with van der Waals surface area (Å²) in [4.78, 5) is 32.7. The summed E-state index contributed by atoms with van der Waals surface area (Å²) in [7, 11) is 0. The van der Waals surface area contributed by atoms with Crippen LogP contribution in [0.15, 0.2) is 112 Å². The Hall–Kier alpha value is -4.46. The van der Waals surface area contributed by atoms with Crippen molar-refractivity contribution >= 4 is 45.8 Å². The Morgan fingerprint density at radius 1 is 1.00 bits per heavy atom. The van der Waals surface area contributed by atoms with Gasteiger partial charge in [0, 0.05) is 16.1 Å². The van der Waals surface area contributed by atoms with Crippen molar-refractivity contribution in [2.24, 2.45) is 4.99 Å². The predicted molar refractivity (Wildman–Crippen MR) is 167 cm³/mol. The fraction of sp³-hybridized carbons (Fsp3) is 0.147. The molecule has 5 aromatic rings. The average Bonchev–Trinajstić information content (AvgIpc) is 3.30. The van der Waals surface area contributed by atoms with Crippen LogP contribution in [-0.4, -0.2) is 17.1 Å². The molecule has 0 saturated heterocycles. The molecule has 210 valence electrons. The zero-order valence-corrected chi connectivity index (χ0v) is 24.6. The van der Waals surface area contributed by atoms with E-state index >= 15 is 0 Å². The standard InChI is InChI=1S/C34H27ClN2O4S/c1-3-40-33(39)30-21(2)36-34-37(31(30)26-16-10-14-22-11-4-7-15-25(22)26)32(38)29(42-34)19-23-12-6-9-18-28(23)41-20-24-13-5-8-17-27(24)35/h4-19,31H,3,20H2,1-2H3/b29-19+/t31-/m0/s1. The van der Waals surface area contributed by atoms with E-state index in [1.165, 1.54) is 11.3 Å². The molecule has 6 rings (SSSR count). The third-order valence-electron chi connectivity index (χ3n) is 7.18. The van der Waals surface area contributed by atoms with Crippen LogP contribution in [0, 0.1) is 0 Å². The Morgan fingerprint density at radius 3 is 2.57 bits per heavy atom. The number of rotatable bonds is 7. The first-order chi connectivity index (χ1) is 20.5. The lowest BCUT2D eigenvalue weighted by molar-refractivity contribution is -0.139. The van der Waals surface area contributed by atoms with Crippen molar-refractivity contribution in [2.75, 3.05) is 6.61 Å². The maximum absolute atomic E-state index is 14.2. The van der Waals surface area contributed by atoms with E-state index in [2.05, 4.69) is 0 Å². The van der Waals surface area contributed by atoms with E-state index < -0.39 is 12.0 Å². The number of carbonyl (C=O) groups is 1. The van der Waals surface area contributed by atoms with Crippen LogP contribution in [0.1, 0.15) is 36.6 Å². The molecule has 0 unspecified atom stereocenters.